The minimum absolute atomic E-state index is 0.516. The molecule has 1 aliphatic heterocycles. The van der Waals surface area contributed by atoms with Gasteiger partial charge in [0, 0.05) is 37.9 Å². The van der Waals surface area contributed by atoms with Gasteiger partial charge in [-0.05, 0) is 31.2 Å². The maximum Gasteiger partial charge on any atom is 0.229 e. The molecule has 1 fully saturated rings. The molecule has 7 nitrogen and oxygen atoms in total. The van der Waals surface area contributed by atoms with E-state index in [4.69, 9.17) is 9.72 Å². The molecule has 3 aromatic rings. The van der Waals surface area contributed by atoms with Gasteiger partial charge < -0.3 is 19.9 Å². The zero-order valence-electron chi connectivity index (χ0n) is 16.3. The molecule has 2 heterocycles. The predicted octanol–water partition coefficient (Wildman–Crippen LogP) is 3.60. The first-order valence-corrected chi connectivity index (χ1v) is 9.60. The summed E-state index contributed by atoms with van der Waals surface area (Å²) in [6, 6.07) is 19.3. The van der Waals surface area contributed by atoms with Crippen molar-refractivity contribution in [2.45, 2.75) is 6.92 Å². The van der Waals surface area contributed by atoms with E-state index in [1.165, 1.54) is 0 Å². The molecule has 0 spiro atoms. The monoisotopic (exact) mass is 389 g/mol. The van der Waals surface area contributed by atoms with Gasteiger partial charge in [0.05, 0.1) is 5.69 Å². The third-order valence-corrected chi connectivity index (χ3v) is 4.73. The Labute approximate surface area is 170 Å². The maximum atomic E-state index is 10.9. The van der Waals surface area contributed by atoms with Gasteiger partial charge in [0.25, 0.3) is 0 Å². The van der Waals surface area contributed by atoms with Crippen LogP contribution in [0.25, 0.3) is 0 Å². The highest BCUT2D eigenvalue weighted by atomic mass is 16.5. The van der Waals surface area contributed by atoms with Gasteiger partial charge in [-0.2, -0.15) is 4.98 Å². The van der Waals surface area contributed by atoms with Crippen LogP contribution in [-0.2, 0) is 4.79 Å². The zero-order valence-corrected chi connectivity index (χ0v) is 16.3. The number of ether oxygens (including phenoxy) is 1. The summed E-state index contributed by atoms with van der Waals surface area (Å²) >= 11 is 0. The average Bonchev–Trinajstić information content (AvgIpc) is 2.75. The fourth-order valence-electron chi connectivity index (χ4n) is 3.22. The van der Waals surface area contributed by atoms with Crippen molar-refractivity contribution in [3.05, 3.63) is 66.4 Å². The topological polar surface area (TPSA) is 70.6 Å². The highest BCUT2D eigenvalue weighted by Crippen LogP contribution is 2.31. The lowest BCUT2D eigenvalue weighted by Crippen LogP contribution is -2.46. The number of para-hydroxylation sites is 3. The van der Waals surface area contributed by atoms with Crippen LogP contribution in [0.15, 0.2) is 60.7 Å². The molecule has 4 rings (SSSR count). The Morgan fingerprint density at radius 2 is 1.69 bits per heavy atom. The van der Waals surface area contributed by atoms with Crippen molar-refractivity contribution in [2.75, 3.05) is 36.4 Å². The average molecular weight is 389 g/mol. The number of amides is 1. The van der Waals surface area contributed by atoms with Crippen LogP contribution in [0.2, 0.25) is 0 Å². The molecule has 1 N–H and O–H groups in total. The first kappa shape index (κ1) is 18.7. The molecule has 0 atom stereocenters. The van der Waals surface area contributed by atoms with Crippen molar-refractivity contribution < 1.29 is 9.53 Å². The number of piperazine rings is 1. The number of carbonyl (C=O) groups is 1. The Balaban J connectivity index is 1.54. The van der Waals surface area contributed by atoms with Crippen molar-refractivity contribution in [1.29, 1.82) is 0 Å². The normalized spacial score (nSPS) is 13.8. The number of hydrogen-bond donors (Lipinski definition) is 1. The van der Waals surface area contributed by atoms with Gasteiger partial charge in [0.15, 0.2) is 5.75 Å². The Morgan fingerprint density at radius 3 is 2.45 bits per heavy atom. The molecule has 0 unspecified atom stereocenters. The van der Waals surface area contributed by atoms with E-state index in [0.29, 0.717) is 24.8 Å². The van der Waals surface area contributed by atoms with Crippen LogP contribution in [0.4, 0.5) is 17.5 Å². The van der Waals surface area contributed by atoms with Crippen molar-refractivity contribution in [1.82, 2.24) is 14.9 Å². The minimum atomic E-state index is 0.516. The second-order valence-corrected chi connectivity index (χ2v) is 6.86. The summed E-state index contributed by atoms with van der Waals surface area (Å²) in [6.45, 7) is 4.85. The van der Waals surface area contributed by atoms with Crippen LogP contribution in [0.3, 0.4) is 0 Å². The fourth-order valence-corrected chi connectivity index (χ4v) is 3.22. The highest BCUT2D eigenvalue weighted by molar-refractivity contribution is 5.64. The number of hydrogen-bond acceptors (Lipinski definition) is 6. The van der Waals surface area contributed by atoms with Crippen LogP contribution < -0.4 is 15.0 Å². The van der Waals surface area contributed by atoms with Crippen LogP contribution in [0, 0.1) is 6.92 Å². The van der Waals surface area contributed by atoms with Gasteiger partial charge in [-0.1, -0.05) is 30.3 Å². The lowest BCUT2D eigenvalue weighted by molar-refractivity contribution is -0.118. The van der Waals surface area contributed by atoms with Gasteiger partial charge in [0.1, 0.15) is 11.6 Å². The first-order chi connectivity index (χ1) is 14.2. The Bertz CT molecular complexity index is 972. The third-order valence-electron chi connectivity index (χ3n) is 4.73. The Morgan fingerprint density at radius 1 is 0.966 bits per heavy atom. The second kappa shape index (κ2) is 8.60. The Hall–Kier alpha value is -3.61. The van der Waals surface area contributed by atoms with E-state index in [9.17, 15) is 4.79 Å². The molecule has 0 bridgehead atoms. The summed E-state index contributed by atoms with van der Waals surface area (Å²) in [4.78, 5) is 24.1. The molecule has 2 aromatic carbocycles. The van der Waals surface area contributed by atoms with E-state index in [1.54, 1.807) is 4.90 Å². The standard InChI is InChI=1S/C22H23N5O2/c1-17-15-21(27-13-11-26(16-28)12-14-27)25-22(23-17)24-19-9-5-6-10-20(19)29-18-7-3-2-4-8-18/h2-10,15-16H,11-14H2,1H3,(H,23,24,25). The van der Waals surface area contributed by atoms with E-state index in [0.717, 1.165) is 42.4 Å². The molecule has 0 radical (unpaired) electrons. The van der Waals surface area contributed by atoms with E-state index < -0.39 is 0 Å². The number of aromatic nitrogens is 2. The lowest BCUT2D eigenvalue weighted by Gasteiger charge is -2.33. The summed E-state index contributed by atoms with van der Waals surface area (Å²) in [7, 11) is 0. The van der Waals surface area contributed by atoms with Gasteiger partial charge >= 0.3 is 0 Å². The molecular formula is C22H23N5O2. The molecule has 1 aromatic heterocycles. The predicted molar refractivity (Wildman–Crippen MR) is 113 cm³/mol. The number of benzene rings is 2. The SMILES string of the molecule is Cc1cc(N2CCN(C=O)CC2)nc(Nc2ccccc2Oc2ccccc2)n1. The maximum absolute atomic E-state index is 10.9. The molecule has 1 amide bonds. The summed E-state index contributed by atoms with van der Waals surface area (Å²) in [5.41, 5.74) is 1.66. The van der Waals surface area contributed by atoms with Gasteiger partial charge in [-0.15, -0.1) is 0 Å². The quantitative estimate of drug-likeness (QED) is 0.650. The van der Waals surface area contributed by atoms with E-state index in [1.807, 2.05) is 67.6 Å². The van der Waals surface area contributed by atoms with Gasteiger partial charge in [-0.3, -0.25) is 4.79 Å². The first-order valence-electron chi connectivity index (χ1n) is 9.60. The molecule has 0 aliphatic carbocycles. The number of aryl methyl sites for hydroxylation is 1. The Kier molecular flexibility index (Phi) is 5.56. The molecular weight excluding hydrogens is 366 g/mol. The largest absolute Gasteiger partial charge is 0.455 e. The number of anilines is 3. The zero-order chi connectivity index (χ0) is 20.1. The van der Waals surface area contributed by atoms with Crippen molar-refractivity contribution >= 4 is 23.9 Å². The number of rotatable bonds is 6. The van der Waals surface area contributed by atoms with Crippen molar-refractivity contribution in [3.8, 4) is 11.5 Å². The molecule has 29 heavy (non-hydrogen) atoms. The van der Waals surface area contributed by atoms with E-state index in [2.05, 4.69) is 15.2 Å². The fraction of sp³-hybridized carbons (Fsp3) is 0.227. The molecule has 0 saturated carbocycles. The number of nitrogens with zero attached hydrogens (tertiary/aromatic N) is 4. The highest BCUT2D eigenvalue weighted by Gasteiger charge is 2.18. The molecule has 148 valence electrons. The van der Waals surface area contributed by atoms with Crippen LogP contribution >= 0.6 is 0 Å². The second-order valence-electron chi connectivity index (χ2n) is 6.86. The van der Waals surface area contributed by atoms with Gasteiger partial charge in [-0.25, -0.2) is 4.98 Å². The van der Waals surface area contributed by atoms with Crippen LogP contribution in [-0.4, -0.2) is 47.5 Å². The van der Waals surface area contributed by atoms with E-state index in [-0.39, 0.29) is 0 Å². The van der Waals surface area contributed by atoms with E-state index >= 15 is 0 Å². The molecule has 7 heteroatoms. The minimum Gasteiger partial charge on any atom is -0.455 e. The molecule has 1 aliphatic rings. The van der Waals surface area contributed by atoms with Gasteiger partial charge in [0.2, 0.25) is 12.4 Å². The summed E-state index contributed by atoms with van der Waals surface area (Å²) in [6.07, 6.45) is 0.902. The third kappa shape index (κ3) is 4.63. The smallest absolute Gasteiger partial charge is 0.229 e. The summed E-state index contributed by atoms with van der Waals surface area (Å²) in [5.74, 6) is 2.83. The molecule has 1 saturated heterocycles. The van der Waals surface area contributed by atoms with Crippen molar-refractivity contribution in [3.63, 3.8) is 0 Å². The summed E-state index contributed by atoms with van der Waals surface area (Å²) < 4.78 is 6.02. The van der Waals surface area contributed by atoms with Crippen LogP contribution in [0.1, 0.15) is 5.69 Å². The summed E-state index contributed by atoms with van der Waals surface area (Å²) in [5, 5.41) is 3.29. The van der Waals surface area contributed by atoms with Crippen molar-refractivity contribution in [2.24, 2.45) is 0 Å². The lowest BCUT2D eigenvalue weighted by atomic mass is 10.3. The van der Waals surface area contributed by atoms with Crippen LogP contribution in [0.5, 0.6) is 11.5 Å². The number of nitrogens with one attached hydrogen (secondary N) is 1. The number of carbonyl (C=O) groups excluding carboxylic acids is 1.